The maximum atomic E-state index is 10.9. The molecule has 1 aliphatic rings. The Hall–Kier alpha value is -1.66. The molecule has 1 N–H and O–H groups in total. The molecule has 21 heavy (non-hydrogen) atoms. The normalized spacial score (nSPS) is 24.0. The number of rotatable bonds is 6. The molecule has 1 heterocycles. The Morgan fingerprint density at radius 2 is 2.00 bits per heavy atom. The number of β-amino-alcohol motifs (C(OH)–C–C–N with tert-alkyl or cyclic N) is 1. The topological polar surface area (TPSA) is 75.8 Å². The molecule has 6 heteroatoms. The number of nitro benzene ring substituents is 1. The second kappa shape index (κ2) is 6.87. The molecule has 1 fully saturated rings. The Morgan fingerprint density at radius 3 is 2.62 bits per heavy atom. The van der Waals surface area contributed by atoms with Crippen molar-refractivity contribution in [2.75, 3.05) is 13.2 Å². The SMILES string of the molecule is C[C@@H]1CC[C@@H](C)N1C[C@@H](O)COc1ccccc1[N+](=O)[O-]. The van der Waals surface area contributed by atoms with E-state index in [1.54, 1.807) is 18.2 Å². The molecule has 116 valence electrons. The highest BCUT2D eigenvalue weighted by Gasteiger charge is 2.29. The summed E-state index contributed by atoms with van der Waals surface area (Å²) in [6.45, 7) is 4.89. The van der Waals surface area contributed by atoms with Crippen LogP contribution in [-0.2, 0) is 0 Å². The highest BCUT2D eigenvalue weighted by Crippen LogP contribution is 2.26. The Labute approximate surface area is 124 Å². The lowest BCUT2D eigenvalue weighted by atomic mass is 10.2. The minimum Gasteiger partial charge on any atom is -0.484 e. The molecule has 3 atom stereocenters. The van der Waals surface area contributed by atoms with Crippen molar-refractivity contribution in [1.29, 1.82) is 0 Å². The number of aliphatic hydroxyl groups is 1. The van der Waals surface area contributed by atoms with Gasteiger partial charge < -0.3 is 9.84 Å². The molecule has 1 saturated heterocycles. The van der Waals surface area contributed by atoms with Gasteiger partial charge in [0.1, 0.15) is 12.7 Å². The number of likely N-dealkylation sites (tertiary alicyclic amines) is 1. The van der Waals surface area contributed by atoms with Gasteiger partial charge in [-0.25, -0.2) is 0 Å². The van der Waals surface area contributed by atoms with Crippen LogP contribution in [0.25, 0.3) is 0 Å². The first kappa shape index (κ1) is 15.7. The summed E-state index contributed by atoms with van der Waals surface area (Å²) in [5.74, 6) is 0.198. The van der Waals surface area contributed by atoms with Crippen molar-refractivity contribution in [3.05, 3.63) is 34.4 Å². The maximum absolute atomic E-state index is 10.9. The van der Waals surface area contributed by atoms with Gasteiger partial charge in [-0.2, -0.15) is 0 Å². The highest BCUT2D eigenvalue weighted by molar-refractivity contribution is 5.45. The van der Waals surface area contributed by atoms with Gasteiger partial charge in [0, 0.05) is 24.7 Å². The van der Waals surface area contributed by atoms with Crippen molar-refractivity contribution in [2.24, 2.45) is 0 Å². The lowest BCUT2D eigenvalue weighted by molar-refractivity contribution is -0.385. The van der Waals surface area contributed by atoms with Gasteiger partial charge in [0.25, 0.3) is 0 Å². The van der Waals surface area contributed by atoms with Crippen LogP contribution in [0.2, 0.25) is 0 Å². The lowest BCUT2D eigenvalue weighted by Crippen LogP contribution is -2.41. The first-order valence-corrected chi connectivity index (χ1v) is 7.29. The van der Waals surface area contributed by atoms with Gasteiger partial charge in [-0.1, -0.05) is 12.1 Å². The number of hydrogen-bond donors (Lipinski definition) is 1. The highest BCUT2D eigenvalue weighted by atomic mass is 16.6. The molecule has 0 aliphatic carbocycles. The zero-order chi connectivity index (χ0) is 15.4. The Morgan fingerprint density at radius 1 is 1.38 bits per heavy atom. The van der Waals surface area contributed by atoms with Crippen molar-refractivity contribution in [3.8, 4) is 5.75 Å². The molecule has 0 saturated carbocycles. The van der Waals surface area contributed by atoms with E-state index in [1.165, 1.54) is 6.07 Å². The number of hydrogen-bond acceptors (Lipinski definition) is 5. The van der Waals surface area contributed by atoms with E-state index in [-0.39, 0.29) is 18.0 Å². The molecule has 0 radical (unpaired) electrons. The van der Waals surface area contributed by atoms with Gasteiger partial charge >= 0.3 is 5.69 Å². The lowest BCUT2D eigenvalue weighted by Gasteiger charge is -2.28. The Balaban J connectivity index is 1.89. The van der Waals surface area contributed by atoms with E-state index >= 15 is 0 Å². The number of ether oxygens (including phenoxy) is 1. The standard InChI is InChI=1S/C15H22N2O4/c1-11-7-8-12(2)16(11)9-13(18)10-21-15-6-4-3-5-14(15)17(19)20/h3-6,11-13,18H,7-10H2,1-2H3/t11-,12-,13-/m1/s1. The molecule has 0 bridgehead atoms. The van der Waals surface area contributed by atoms with Crippen molar-refractivity contribution in [3.63, 3.8) is 0 Å². The summed E-state index contributed by atoms with van der Waals surface area (Å²) >= 11 is 0. The zero-order valence-electron chi connectivity index (χ0n) is 12.4. The van der Waals surface area contributed by atoms with Crippen LogP contribution in [0.5, 0.6) is 5.75 Å². The van der Waals surface area contributed by atoms with Gasteiger partial charge in [-0.05, 0) is 32.8 Å². The summed E-state index contributed by atoms with van der Waals surface area (Å²) in [5, 5.41) is 21.0. The quantitative estimate of drug-likeness (QED) is 0.643. The molecule has 1 aromatic rings. The van der Waals surface area contributed by atoms with Gasteiger partial charge in [-0.15, -0.1) is 0 Å². The van der Waals surface area contributed by atoms with Gasteiger partial charge in [-0.3, -0.25) is 15.0 Å². The van der Waals surface area contributed by atoms with Gasteiger partial charge in [0.15, 0.2) is 5.75 Å². The van der Waals surface area contributed by atoms with Gasteiger partial charge in [0.05, 0.1) is 4.92 Å². The molecule has 1 aliphatic heterocycles. The number of benzene rings is 1. The fourth-order valence-corrected chi connectivity index (χ4v) is 2.82. The molecule has 0 aromatic heterocycles. The van der Waals surface area contributed by atoms with Crippen molar-refractivity contribution in [2.45, 2.75) is 44.9 Å². The van der Waals surface area contributed by atoms with E-state index in [0.29, 0.717) is 18.6 Å². The largest absolute Gasteiger partial charge is 0.484 e. The molecule has 0 spiro atoms. The van der Waals surface area contributed by atoms with E-state index in [9.17, 15) is 15.2 Å². The summed E-state index contributed by atoms with van der Waals surface area (Å²) in [4.78, 5) is 12.7. The van der Waals surface area contributed by atoms with E-state index in [1.807, 2.05) is 0 Å². The van der Waals surface area contributed by atoms with Crippen LogP contribution in [0.1, 0.15) is 26.7 Å². The smallest absolute Gasteiger partial charge is 0.310 e. The van der Waals surface area contributed by atoms with Crippen LogP contribution in [0.4, 0.5) is 5.69 Å². The Bertz CT molecular complexity index is 484. The Kier molecular flexibility index (Phi) is 5.14. The van der Waals surface area contributed by atoms with E-state index < -0.39 is 11.0 Å². The second-order valence-corrected chi connectivity index (χ2v) is 5.66. The first-order chi connectivity index (χ1) is 9.99. The van der Waals surface area contributed by atoms with Crippen LogP contribution >= 0.6 is 0 Å². The first-order valence-electron chi connectivity index (χ1n) is 7.29. The van der Waals surface area contributed by atoms with Crippen LogP contribution in [0, 0.1) is 10.1 Å². The fraction of sp³-hybridized carbons (Fsp3) is 0.600. The molecule has 2 rings (SSSR count). The maximum Gasteiger partial charge on any atom is 0.310 e. The van der Waals surface area contributed by atoms with Crippen LogP contribution < -0.4 is 4.74 Å². The van der Waals surface area contributed by atoms with E-state index in [2.05, 4.69) is 18.7 Å². The minimum atomic E-state index is -0.659. The average Bonchev–Trinajstić information content (AvgIpc) is 2.77. The number of aliphatic hydroxyl groups excluding tert-OH is 1. The van der Waals surface area contributed by atoms with Crippen LogP contribution in [0.3, 0.4) is 0 Å². The minimum absolute atomic E-state index is 0.0563. The second-order valence-electron chi connectivity index (χ2n) is 5.66. The number of para-hydroxylation sites is 2. The van der Waals surface area contributed by atoms with Crippen molar-refractivity contribution < 1.29 is 14.8 Å². The van der Waals surface area contributed by atoms with Crippen molar-refractivity contribution >= 4 is 5.69 Å². The van der Waals surface area contributed by atoms with Crippen LogP contribution in [0.15, 0.2) is 24.3 Å². The summed E-state index contributed by atoms with van der Waals surface area (Å²) in [5.41, 5.74) is -0.0763. The van der Waals surface area contributed by atoms with Gasteiger partial charge in [0.2, 0.25) is 0 Å². The molecule has 0 unspecified atom stereocenters. The third kappa shape index (κ3) is 3.92. The fourth-order valence-electron chi connectivity index (χ4n) is 2.82. The molecule has 6 nitrogen and oxygen atoms in total. The number of nitrogens with zero attached hydrogens (tertiary/aromatic N) is 2. The predicted molar refractivity (Wildman–Crippen MR) is 79.5 cm³/mol. The molecule has 0 amide bonds. The summed E-state index contributed by atoms with van der Waals surface area (Å²) < 4.78 is 5.42. The zero-order valence-corrected chi connectivity index (χ0v) is 12.4. The summed E-state index contributed by atoms with van der Waals surface area (Å²) in [6.07, 6.45) is 1.62. The average molecular weight is 294 g/mol. The monoisotopic (exact) mass is 294 g/mol. The summed E-state index contributed by atoms with van der Waals surface area (Å²) in [7, 11) is 0. The third-order valence-electron chi connectivity index (χ3n) is 4.05. The molecule has 1 aromatic carbocycles. The number of nitro groups is 1. The predicted octanol–water partition coefficient (Wildman–Crippen LogP) is 2.21. The molecular weight excluding hydrogens is 272 g/mol. The van der Waals surface area contributed by atoms with Crippen molar-refractivity contribution in [1.82, 2.24) is 4.90 Å². The van der Waals surface area contributed by atoms with E-state index in [4.69, 9.17) is 4.74 Å². The van der Waals surface area contributed by atoms with Crippen LogP contribution in [-0.4, -0.2) is 46.3 Å². The van der Waals surface area contributed by atoms with E-state index in [0.717, 1.165) is 12.8 Å². The summed E-state index contributed by atoms with van der Waals surface area (Å²) in [6, 6.07) is 7.13. The third-order valence-corrected chi connectivity index (χ3v) is 4.05. The molecular formula is C15H22N2O4.